The van der Waals surface area contributed by atoms with E-state index < -0.39 is 36.9 Å². The minimum absolute atomic E-state index is 0.162. The van der Waals surface area contributed by atoms with Gasteiger partial charge in [-0.2, -0.15) is 8.78 Å². The van der Waals surface area contributed by atoms with E-state index in [0.29, 0.717) is 6.07 Å². The van der Waals surface area contributed by atoms with Gasteiger partial charge in [-0.05, 0) is 17.7 Å². The monoisotopic (exact) mass is 286 g/mol. The molecular weight excluding hydrogens is 279 g/mol. The topological polar surface area (TPSA) is 55.8 Å². The second-order valence-corrected chi connectivity index (χ2v) is 3.31. The predicted molar refractivity (Wildman–Crippen MR) is 51.1 cm³/mol. The van der Waals surface area contributed by atoms with E-state index in [-0.39, 0.29) is 5.56 Å². The van der Waals surface area contributed by atoms with E-state index in [0.717, 1.165) is 12.1 Å². The fourth-order valence-electron chi connectivity index (χ4n) is 1.27. The first-order valence-corrected chi connectivity index (χ1v) is 4.72. The highest BCUT2D eigenvalue weighted by atomic mass is 19.4. The maximum Gasteiger partial charge on any atom is 0.573 e. The van der Waals surface area contributed by atoms with E-state index in [1.54, 1.807) is 0 Å². The number of carbonyl (C=O) groups is 1. The number of alkyl halides is 5. The van der Waals surface area contributed by atoms with E-state index in [2.05, 4.69) is 9.47 Å². The van der Waals surface area contributed by atoms with Gasteiger partial charge in [-0.15, -0.1) is 13.2 Å². The minimum atomic E-state index is -5.02. The molecule has 0 atom stereocenters. The highest BCUT2D eigenvalue weighted by molar-refractivity contribution is 5.70. The summed E-state index contributed by atoms with van der Waals surface area (Å²) in [7, 11) is 0. The smallest absolute Gasteiger partial charge is 0.481 e. The van der Waals surface area contributed by atoms with Gasteiger partial charge in [-0.1, -0.05) is 0 Å². The Bertz CT molecular complexity index is 458. The molecule has 0 fully saturated rings. The Balaban J connectivity index is 3.04. The molecule has 19 heavy (non-hydrogen) atoms. The Morgan fingerprint density at radius 1 is 1.21 bits per heavy atom. The van der Waals surface area contributed by atoms with Crippen LogP contribution in [0, 0.1) is 0 Å². The van der Waals surface area contributed by atoms with E-state index in [9.17, 15) is 26.7 Å². The fourth-order valence-corrected chi connectivity index (χ4v) is 1.27. The number of hydrogen-bond donors (Lipinski definition) is 1. The highest BCUT2D eigenvalue weighted by Crippen LogP contribution is 2.29. The average molecular weight is 286 g/mol. The zero-order chi connectivity index (χ0) is 14.6. The van der Waals surface area contributed by atoms with E-state index in [4.69, 9.17) is 5.11 Å². The molecule has 0 saturated carbocycles. The summed E-state index contributed by atoms with van der Waals surface area (Å²) < 4.78 is 67.4. The molecule has 106 valence electrons. The molecule has 0 radical (unpaired) electrons. The SMILES string of the molecule is O=C(O)Cc1cc(OC(F)F)cc(OC(F)(F)F)c1. The van der Waals surface area contributed by atoms with Gasteiger partial charge in [-0.3, -0.25) is 4.79 Å². The van der Waals surface area contributed by atoms with Gasteiger partial charge in [-0.25, -0.2) is 0 Å². The Labute approximate surface area is 103 Å². The third kappa shape index (κ3) is 5.89. The van der Waals surface area contributed by atoms with Gasteiger partial charge < -0.3 is 14.6 Å². The Kier molecular flexibility index (Phi) is 4.52. The first-order chi connectivity index (χ1) is 8.65. The Morgan fingerprint density at radius 3 is 2.26 bits per heavy atom. The molecule has 1 aromatic rings. The first-order valence-electron chi connectivity index (χ1n) is 4.72. The molecule has 0 saturated heterocycles. The van der Waals surface area contributed by atoms with Crippen molar-refractivity contribution in [3.63, 3.8) is 0 Å². The molecule has 4 nitrogen and oxygen atoms in total. The van der Waals surface area contributed by atoms with Crippen molar-refractivity contribution in [3.8, 4) is 11.5 Å². The summed E-state index contributed by atoms with van der Waals surface area (Å²) >= 11 is 0. The molecule has 0 aliphatic heterocycles. The van der Waals surface area contributed by atoms with Crippen molar-refractivity contribution in [2.75, 3.05) is 0 Å². The largest absolute Gasteiger partial charge is 0.573 e. The number of carboxylic acids is 1. The lowest BCUT2D eigenvalue weighted by Crippen LogP contribution is -2.17. The van der Waals surface area contributed by atoms with Gasteiger partial charge in [0.05, 0.1) is 6.42 Å². The van der Waals surface area contributed by atoms with Crippen LogP contribution in [0.15, 0.2) is 18.2 Å². The molecule has 0 spiro atoms. The van der Waals surface area contributed by atoms with Crippen LogP contribution in [0.25, 0.3) is 0 Å². The van der Waals surface area contributed by atoms with Crippen LogP contribution in [0.5, 0.6) is 11.5 Å². The number of aliphatic carboxylic acids is 1. The second-order valence-electron chi connectivity index (χ2n) is 3.31. The highest BCUT2D eigenvalue weighted by Gasteiger charge is 2.31. The van der Waals surface area contributed by atoms with E-state index >= 15 is 0 Å². The minimum Gasteiger partial charge on any atom is -0.481 e. The summed E-state index contributed by atoms with van der Waals surface area (Å²) in [5.74, 6) is -2.79. The zero-order valence-electron chi connectivity index (χ0n) is 9.08. The third-order valence-corrected chi connectivity index (χ3v) is 1.75. The number of halogens is 5. The number of rotatable bonds is 5. The summed E-state index contributed by atoms with van der Waals surface area (Å²) in [5, 5.41) is 8.51. The summed E-state index contributed by atoms with van der Waals surface area (Å²) in [5.41, 5.74) is -0.162. The lowest BCUT2D eigenvalue weighted by atomic mass is 10.1. The van der Waals surface area contributed by atoms with E-state index in [1.807, 2.05) is 0 Å². The van der Waals surface area contributed by atoms with E-state index in [1.165, 1.54) is 0 Å². The van der Waals surface area contributed by atoms with Crippen molar-refractivity contribution in [2.45, 2.75) is 19.4 Å². The van der Waals surface area contributed by atoms with Crippen LogP contribution < -0.4 is 9.47 Å². The maximum absolute atomic E-state index is 12.0. The molecular formula is C10H7F5O4. The van der Waals surface area contributed by atoms with Gasteiger partial charge in [0.15, 0.2) is 0 Å². The molecule has 0 heterocycles. The van der Waals surface area contributed by atoms with Crippen LogP contribution in [0.4, 0.5) is 22.0 Å². The van der Waals surface area contributed by atoms with Crippen molar-refractivity contribution in [1.82, 2.24) is 0 Å². The molecule has 1 N–H and O–H groups in total. The molecule has 9 heteroatoms. The standard InChI is InChI=1S/C10H7F5O4/c11-9(12)18-6-1-5(3-8(16)17)2-7(4-6)19-10(13,14)15/h1-2,4,9H,3H2,(H,16,17). The molecule has 0 aliphatic carbocycles. The van der Waals surface area contributed by atoms with Crippen molar-refractivity contribution >= 4 is 5.97 Å². The second kappa shape index (κ2) is 5.72. The van der Waals surface area contributed by atoms with Crippen LogP contribution in [-0.2, 0) is 11.2 Å². The zero-order valence-corrected chi connectivity index (χ0v) is 9.08. The summed E-state index contributed by atoms with van der Waals surface area (Å²) in [4.78, 5) is 10.4. The van der Waals surface area contributed by atoms with Crippen molar-refractivity contribution < 1.29 is 41.3 Å². The number of carboxylic acid groups (broad SMARTS) is 1. The Hall–Kier alpha value is -2.06. The summed E-state index contributed by atoms with van der Waals surface area (Å²) in [6.45, 7) is -3.25. The fraction of sp³-hybridized carbons (Fsp3) is 0.300. The summed E-state index contributed by atoms with van der Waals surface area (Å²) in [6, 6.07) is 2.26. The number of benzene rings is 1. The van der Waals surface area contributed by atoms with Gasteiger partial charge >= 0.3 is 18.9 Å². The molecule has 0 unspecified atom stereocenters. The molecule has 0 amide bonds. The number of ether oxygens (including phenoxy) is 2. The average Bonchev–Trinajstić information content (AvgIpc) is 2.10. The predicted octanol–water partition coefficient (Wildman–Crippen LogP) is 2.81. The number of hydrogen-bond acceptors (Lipinski definition) is 3. The normalized spacial score (nSPS) is 11.5. The molecule has 0 aromatic heterocycles. The first kappa shape index (κ1) is 15.0. The Morgan fingerprint density at radius 2 is 1.79 bits per heavy atom. The quantitative estimate of drug-likeness (QED) is 0.846. The van der Waals surface area contributed by atoms with Crippen LogP contribution in [0.1, 0.15) is 5.56 Å². The van der Waals surface area contributed by atoms with Crippen LogP contribution >= 0.6 is 0 Å². The lowest BCUT2D eigenvalue weighted by molar-refractivity contribution is -0.274. The molecule has 1 rings (SSSR count). The lowest BCUT2D eigenvalue weighted by Gasteiger charge is -2.12. The maximum atomic E-state index is 12.0. The van der Waals surface area contributed by atoms with Crippen LogP contribution in [0.3, 0.4) is 0 Å². The van der Waals surface area contributed by atoms with Gasteiger partial charge in [0.2, 0.25) is 0 Å². The van der Waals surface area contributed by atoms with Gasteiger partial charge in [0.1, 0.15) is 11.5 Å². The molecule has 0 bridgehead atoms. The van der Waals surface area contributed by atoms with Crippen molar-refractivity contribution in [1.29, 1.82) is 0 Å². The molecule has 1 aromatic carbocycles. The van der Waals surface area contributed by atoms with Crippen molar-refractivity contribution in [2.24, 2.45) is 0 Å². The molecule has 0 aliphatic rings. The van der Waals surface area contributed by atoms with Gasteiger partial charge in [0.25, 0.3) is 0 Å². The summed E-state index contributed by atoms with van der Waals surface area (Å²) in [6.07, 6.45) is -5.68. The third-order valence-electron chi connectivity index (χ3n) is 1.75. The van der Waals surface area contributed by atoms with Crippen molar-refractivity contribution in [3.05, 3.63) is 23.8 Å². The van der Waals surface area contributed by atoms with Crippen LogP contribution in [0.2, 0.25) is 0 Å². The van der Waals surface area contributed by atoms with Gasteiger partial charge in [0, 0.05) is 6.07 Å². The van der Waals surface area contributed by atoms with Crippen LogP contribution in [-0.4, -0.2) is 24.0 Å².